The fraction of sp³-hybridized carbons (Fsp3) is 0.524. The Morgan fingerprint density at radius 3 is 2.82 bits per heavy atom. The molecule has 2 aliphatic rings. The van der Waals surface area contributed by atoms with Crippen molar-refractivity contribution in [1.82, 2.24) is 9.72 Å². The highest BCUT2D eigenvalue weighted by atomic mass is 16.5. The Kier molecular flexibility index (Phi) is 5.37. The normalized spacial score (nSPS) is 20.8. The average Bonchev–Trinajstić information content (AvgIpc) is 3.18. The number of rotatable bonds is 5. The summed E-state index contributed by atoms with van der Waals surface area (Å²) in [6.45, 7) is 6.63. The number of hydrogen-bond donors (Lipinski definition) is 2. The van der Waals surface area contributed by atoms with Crippen LogP contribution in [-0.2, 0) is 4.74 Å². The number of carboxylic acids is 1. The fourth-order valence-electron chi connectivity index (χ4n) is 4.24. The van der Waals surface area contributed by atoms with E-state index in [-0.39, 0.29) is 5.56 Å². The topological polar surface area (TPSA) is 83.3 Å². The van der Waals surface area contributed by atoms with Crippen LogP contribution < -0.4 is 15.8 Å². The molecule has 0 spiro atoms. The van der Waals surface area contributed by atoms with Crippen LogP contribution in [0.2, 0.25) is 0 Å². The lowest BCUT2D eigenvalue weighted by Gasteiger charge is -2.25. The Morgan fingerprint density at radius 2 is 2.07 bits per heavy atom. The van der Waals surface area contributed by atoms with Gasteiger partial charge in [0, 0.05) is 30.9 Å². The lowest BCUT2D eigenvalue weighted by Crippen LogP contribution is -2.33. The molecular formula is C21H27N3O4. The van der Waals surface area contributed by atoms with Gasteiger partial charge in [-0.2, -0.15) is 0 Å². The molecule has 2 aliphatic heterocycles. The molecule has 0 saturated carbocycles. The number of carbonyl (C=O) groups is 1. The molecule has 2 N–H and O–H groups in total. The lowest BCUT2D eigenvalue weighted by atomic mass is 10.1. The predicted molar refractivity (Wildman–Crippen MR) is 108 cm³/mol. The summed E-state index contributed by atoms with van der Waals surface area (Å²) in [5.74, 6) is -0.675. The van der Waals surface area contributed by atoms with Crippen molar-refractivity contribution in [3.63, 3.8) is 0 Å². The van der Waals surface area contributed by atoms with E-state index in [1.807, 2.05) is 19.1 Å². The average molecular weight is 385 g/mol. The van der Waals surface area contributed by atoms with Crippen molar-refractivity contribution in [3.8, 4) is 0 Å². The van der Waals surface area contributed by atoms with E-state index >= 15 is 0 Å². The number of anilines is 1. The number of nitrogens with one attached hydrogen (secondary N) is 1. The Balaban J connectivity index is 1.47. The van der Waals surface area contributed by atoms with E-state index in [1.54, 1.807) is 6.20 Å². The number of hydrogen-bond acceptors (Lipinski definition) is 5. The van der Waals surface area contributed by atoms with Gasteiger partial charge < -0.3 is 20.1 Å². The fourth-order valence-corrected chi connectivity index (χ4v) is 4.24. The first-order valence-corrected chi connectivity index (χ1v) is 9.99. The Morgan fingerprint density at radius 1 is 1.29 bits per heavy atom. The standard InChI is InChI=1S/C21H27N3O4/c1-14-10-18(21(26)27)20(25)24-9-5-16(11-19(14)24)23-8-4-15(12-23)13-28-17-2-6-22-7-3-17/h5,9-11,15,17,22H,2-4,6-8,12-13H2,1H3,(H,26,27). The van der Waals surface area contributed by atoms with E-state index in [0.717, 1.165) is 68.8 Å². The van der Waals surface area contributed by atoms with Gasteiger partial charge in [-0.15, -0.1) is 0 Å². The van der Waals surface area contributed by atoms with Gasteiger partial charge in [-0.3, -0.25) is 9.20 Å². The van der Waals surface area contributed by atoms with E-state index in [4.69, 9.17) is 4.74 Å². The highest BCUT2D eigenvalue weighted by Crippen LogP contribution is 2.26. The number of aromatic nitrogens is 1. The number of ether oxygens (including phenoxy) is 1. The van der Waals surface area contributed by atoms with Crippen molar-refractivity contribution in [2.45, 2.75) is 32.3 Å². The summed E-state index contributed by atoms with van der Waals surface area (Å²) in [5.41, 5.74) is 1.91. The van der Waals surface area contributed by atoms with Gasteiger partial charge in [-0.25, -0.2) is 4.79 Å². The summed E-state index contributed by atoms with van der Waals surface area (Å²) in [6, 6.07) is 5.34. The summed E-state index contributed by atoms with van der Waals surface area (Å²) < 4.78 is 7.55. The molecule has 0 amide bonds. The van der Waals surface area contributed by atoms with Gasteiger partial charge in [0.1, 0.15) is 5.56 Å². The Hall–Kier alpha value is -2.38. The van der Waals surface area contributed by atoms with Crippen LogP contribution in [0.4, 0.5) is 5.69 Å². The molecule has 0 radical (unpaired) electrons. The van der Waals surface area contributed by atoms with E-state index < -0.39 is 11.5 Å². The summed E-state index contributed by atoms with van der Waals surface area (Å²) in [7, 11) is 0. The van der Waals surface area contributed by atoms with E-state index in [0.29, 0.717) is 12.0 Å². The van der Waals surface area contributed by atoms with Crippen molar-refractivity contribution in [2.24, 2.45) is 5.92 Å². The van der Waals surface area contributed by atoms with E-state index in [9.17, 15) is 14.7 Å². The zero-order valence-corrected chi connectivity index (χ0v) is 16.2. The van der Waals surface area contributed by atoms with Gasteiger partial charge in [-0.1, -0.05) is 0 Å². The molecule has 0 bridgehead atoms. The largest absolute Gasteiger partial charge is 0.477 e. The maximum absolute atomic E-state index is 12.4. The first-order valence-electron chi connectivity index (χ1n) is 9.99. The number of piperidine rings is 1. The number of nitrogens with zero attached hydrogens (tertiary/aromatic N) is 2. The second-order valence-electron chi connectivity index (χ2n) is 7.87. The zero-order valence-electron chi connectivity index (χ0n) is 16.2. The molecule has 7 nitrogen and oxygen atoms in total. The van der Waals surface area contributed by atoms with Crippen molar-refractivity contribution in [2.75, 3.05) is 37.7 Å². The predicted octanol–water partition coefficient (Wildman–Crippen LogP) is 1.90. The van der Waals surface area contributed by atoms with Crippen LogP contribution in [0.1, 0.15) is 35.2 Å². The van der Waals surface area contributed by atoms with Crippen LogP contribution in [0.3, 0.4) is 0 Å². The third kappa shape index (κ3) is 3.77. The maximum atomic E-state index is 12.4. The van der Waals surface area contributed by atoms with Gasteiger partial charge in [0.2, 0.25) is 0 Å². The Labute approximate surface area is 163 Å². The Bertz CT molecular complexity index is 933. The molecule has 1 atom stereocenters. The number of fused-ring (bicyclic) bond motifs is 1. The minimum Gasteiger partial charge on any atom is -0.477 e. The van der Waals surface area contributed by atoms with Crippen molar-refractivity contribution < 1.29 is 14.6 Å². The van der Waals surface area contributed by atoms with Crippen LogP contribution in [0.15, 0.2) is 29.2 Å². The molecule has 4 rings (SSSR count). The zero-order chi connectivity index (χ0) is 19.7. The molecule has 2 fully saturated rings. The van der Waals surface area contributed by atoms with Crippen molar-refractivity contribution >= 4 is 17.2 Å². The van der Waals surface area contributed by atoms with Crippen molar-refractivity contribution in [3.05, 3.63) is 45.9 Å². The second kappa shape index (κ2) is 7.93. The highest BCUT2D eigenvalue weighted by Gasteiger charge is 2.25. The van der Waals surface area contributed by atoms with Crippen LogP contribution in [0, 0.1) is 12.8 Å². The number of pyridine rings is 2. The lowest BCUT2D eigenvalue weighted by molar-refractivity contribution is 0.0154. The minimum atomic E-state index is -1.19. The first-order chi connectivity index (χ1) is 13.5. The molecule has 28 heavy (non-hydrogen) atoms. The van der Waals surface area contributed by atoms with Gasteiger partial charge in [-0.05, 0) is 63.0 Å². The SMILES string of the molecule is Cc1cc(C(=O)O)c(=O)n2ccc(N3CCC(COC4CCNCC4)C3)cc12. The van der Waals surface area contributed by atoms with E-state index in [1.165, 1.54) is 10.5 Å². The summed E-state index contributed by atoms with van der Waals surface area (Å²) in [6.07, 6.45) is 5.35. The van der Waals surface area contributed by atoms with Gasteiger partial charge in [0.05, 0.1) is 18.2 Å². The molecular weight excluding hydrogens is 358 g/mol. The smallest absolute Gasteiger partial charge is 0.341 e. The van der Waals surface area contributed by atoms with E-state index in [2.05, 4.69) is 10.2 Å². The monoisotopic (exact) mass is 385 g/mol. The third-order valence-corrected chi connectivity index (χ3v) is 5.89. The van der Waals surface area contributed by atoms with Crippen LogP contribution in [0.25, 0.3) is 5.52 Å². The van der Waals surface area contributed by atoms with Gasteiger partial charge in [0.25, 0.3) is 5.56 Å². The molecule has 2 aromatic rings. The number of aryl methyl sites for hydroxylation is 1. The van der Waals surface area contributed by atoms with Crippen LogP contribution >= 0.6 is 0 Å². The number of aromatic carboxylic acids is 1. The first kappa shape index (κ1) is 19.0. The molecule has 2 saturated heterocycles. The summed E-state index contributed by atoms with van der Waals surface area (Å²) in [5, 5.41) is 12.6. The summed E-state index contributed by atoms with van der Waals surface area (Å²) in [4.78, 5) is 26.0. The third-order valence-electron chi connectivity index (χ3n) is 5.89. The molecule has 4 heterocycles. The molecule has 0 aliphatic carbocycles. The quantitative estimate of drug-likeness (QED) is 0.818. The van der Waals surface area contributed by atoms with Crippen molar-refractivity contribution in [1.29, 1.82) is 0 Å². The molecule has 7 heteroatoms. The summed E-state index contributed by atoms with van der Waals surface area (Å²) >= 11 is 0. The second-order valence-corrected chi connectivity index (χ2v) is 7.87. The molecule has 150 valence electrons. The van der Waals surface area contributed by atoms with Crippen LogP contribution in [-0.4, -0.2) is 54.4 Å². The highest BCUT2D eigenvalue weighted by molar-refractivity contribution is 5.88. The molecule has 2 aromatic heterocycles. The van der Waals surface area contributed by atoms with Gasteiger partial charge in [0.15, 0.2) is 0 Å². The molecule has 1 unspecified atom stereocenters. The maximum Gasteiger partial charge on any atom is 0.341 e. The minimum absolute atomic E-state index is 0.195. The number of carboxylic acid groups (broad SMARTS) is 1. The molecule has 0 aromatic carbocycles. The van der Waals surface area contributed by atoms with Crippen LogP contribution in [0.5, 0.6) is 0 Å². The van der Waals surface area contributed by atoms with Gasteiger partial charge >= 0.3 is 5.97 Å².